The zero-order valence-electron chi connectivity index (χ0n) is 18.6. The lowest BCUT2D eigenvalue weighted by atomic mass is 9.95. The van der Waals surface area contributed by atoms with E-state index in [2.05, 4.69) is 0 Å². The van der Waals surface area contributed by atoms with Crippen molar-refractivity contribution in [1.29, 1.82) is 0 Å². The molecule has 3 aromatic rings. The van der Waals surface area contributed by atoms with Gasteiger partial charge in [-0.2, -0.15) is 0 Å². The zero-order valence-corrected chi connectivity index (χ0v) is 18.6. The smallest absolute Gasteiger partial charge is 0.300 e. The highest BCUT2D eigenvalue weighted by atomic mass is 19.1. The number of aliphatic hydroxyl groups excluding tert-OH is 1. The van der Waals surface area contributed by atoms with E-state index < -0.39 is 23.5 Å². The van der Waals surface area contributed by atoms with Gasteiger partial charge in [0.05, 0.1) is 18.2 Å². The van der Waals surface area contributed by atoms with E-state index in [9.17, 15) is 19.1 Å². The lowest BCUT2D eigenvalue weighted by molar-refractivity contribution is -0.132. The highest BCUT2D eigenvalue weighted by Crippen LogP contribution is 2.42. The summed E-state index contributed by atoms with van der Waals surface area (Å²) in [7, 11) is 0. The average molecular weight is 445 g/mol. The van der Waals surface area contributed by atoms with Gasteiger partial charge in [0.15, 0.2) is 0 Å². The Kier molecular flexibility index (Phi) is 6.01. The van der Waals surface area contributed by atoms with Crippen LogP contribution in [0, 0.1) is 19.7 Å². The molecule has 1 fully saturated rings. The number of ketones is 1. The maximum atomic E-state index is 13.7. The van der Waals surface area contributed by atoms with E-state index in [0.717, 1.165) is 11.1 Å². The van der Waals surface area contributed by atoms with E-state index in [-0.39, 0.29) is 11.3 Å². The number of Topliss-reactive ketones (excluding diaryl/α,β-unsaturated/α-hetero) is 1. The van der Waals surface area contributed by atoms with Crippen LogP contribution >= 0.6 is 0 Å². The number of hydrogen-bond acceptors (Lipinski definition) is 4. The summed E-state index contributed by atoms with van der Waals surface area (Å²) < 4.78 is 19.1. The van der Waals surface area contributed by atoms with Crippen molar-refractivity contribution in [1.82, 2.24) is 0 Å². The number of amides is 1. The Morgan fingerprint density at radius 1 is 0.970 bits per heavy atom. The Balaban J connectivity index is 1.90. The van der Waals surface area contributed by atoms with Gasteiger partial charge in [-0.1, -0.05) is 18.2 Å². The molecular weight excluding hydrogens is 421 g/mol. The molecule has 0 aromatic heterocycles. The minimum atomic E-state index is -0.904. The van der Waals surface area contributed by atoms with E-state index in [4.69, 9.17) is 4.74 Å². The normalized spacial score (nSPS) is 17.5. The Morgan fingerprint density at radius 2 is 1.58 bits per heavy atom. The lowest BCUT2D eigenvalue weighted by Crippen LogP contribution is -2.29. The molecule has 33 heavy (non-hydrogen) atoms. The maximum Gasteiger partial charge on any atom is 0.300 e. The number of aliphatic hydroxyl groups is 1. The van der Waals surface area contributed by atoms with Gasteiger partial charge in [-0.15, -0.1) is 0 Å². The van der Waals surface area contributed by atoms with Crippen LogP contribution in [-0.4, -0.2) is 23.4 Å². The molecule has 1 aliphatic heterocycles. The molecule has 4 rings (SSSR count). The number of ether oxygens (including phenoxy) is 1. The Morgan fingerprint density at radius 3 is 2.15 bits per heavy atom. The van der Waals surface area contributed by atoms with Crippen LogP contribution in [0.4, 0.5) is 10.1 Å². The summed E-state index contributed by atoms with van der Waals surface area (Å²) in [5.41, 5.74) is 3.24. The second-order valence-electron chi connectivity index (χ2n) is 8.02. The summed E-state index contributed by atoms with van der Waals surface area (Å²) in [6.07, 6.45) is 0. The molecule has 0 spiro atoms. The summed E-state index contributed by atoms with van der Waals surface area (Å²) in [5.74, 6) is -1.65. The monoisotopic (exact) mass is 445 g/mol. The molecule has 1 heterocycles. The number of benzene rings is 3. The molecule has 6 heteroatoms. The van der Waals surface area contributed by atoms with Crippen molar-refractivity contribution >= 4 is 23.1 Å². The number of anilines is 1. The molecule has 5 nitrogen and oxygen atoms in total. The first-order valence-electron chi connectivity index (χ1n) is 10.7. The zero-order chi connectivity index (χ0) is 23.7. The summed E-state index contributed by atoms with van der Waals surface area (Å²) in [6, 6.07) is 16.9. The van der Waals surface area contributed by atoms with Gasteiger partial charge in [0, 0.05) is 11.3 Å². The molecule has 168 valence electrons. The van der Waals surface area contributed by atoms with Gasteiger partial charge in [0.2, 0.25) is 0 Å². The van der Waals surface area contributed by atoms with Crippen molar-refractivity contribution in [3.63, 3.8) is 0 Å². The number of aryl methyl sites for hydroxylation is 2. The van der Waals surface area contributed by atoms with Gasteiger partial charge in [-0.3, -0.25) is 14.5 Å². The van der Waals surface area contributed by atoms with E-state index in [1.165, 1.54) is 29.2 Å². The fourth-order valence-electron chi connectivity index (χ4n) is 4.18. The Bertz CT molecular complexity index is 1230. The molecule has 0 aliphatic carbocycles. The predicted molar refractivity (Wildman–Crippen MR) is 125 cm³/mol. The SMILES string of the molecule is CCOc1ccc(/C(O)=C2\C(=O)C(=O)N(c3cc(C)cc(C)c3)C2c2ccc(F)cc2)cc1. The third-order valence-electron chi connectivity index (χ3n) is 5.55. The van der Waals surface area contributed by atoms with Crippen LogP contribution in [0.3, 0.4) is 0 Å². The van der Waals surface area contributed by atoms with Gasteiger partial charge < -0.3 is 9.84 Å². The number of rotatable bonds is 5. The minimum absolute atomic E-state index is 0.0464. The van der Waals surface area contributed by atoms with E-state index in [1.807, 2.05) is 39.0 Å². The first-order valence-corrected chi connectivity index (χ1v) is 10.7. The van der Waals surface area contributed by atoms with Crippen molar-refractivity contribution in [2.45, 2.75) is 26.8 Å². The van der Waals surface area contributed by atoms with Crippen LogP contribution in [0.15, 0.2) is 72.3 Å². The minimum Gasteiger partial charge on any atom is -0.507 e. The lowest BCUT2D eigenvalue weighted by Gasteiger charge is -2.26. The van der Waals surface area contributed by atoms with E-state index in [1.54, 1.807) is 24.3 Å². The number of hydrogen-bond donors (Lipinski definition) is 1. The topological polar surface area (TPSA) is 66.8 Å². The van der Waals surface area contributed by atoms with Gasteiger partial charge in [0.25, 0.3) is 11.7 Å². The molecular formula is C27H24FNO4. The number of carbonyl (C=O) groups excluding carboxylic acids is 2. The van der Waals surface area contributed by atoms with Gasteiger partial charge >= 0.3 is 0 Å². The molecule has 1 unspecified atom stereocenters. The number of halogens is 1. The highest BCUT2D eigenvalue weighted by molar-refractivity contribution is 6.51. The third-order valence-corrected chi connectivity index (χ3v) is 5.55. The highest BCUT2D eigenvalue weighted by Gasteiger charge is 2.47. The van der Waals surface area contributed by atoms with Crippen LogP contribution in [0.5, 0.6) is 5.75 Å². The van der Waals surface area contributed by atoms with Gasteiger partial charge in [-0.05, 0) is 86.0 Å². The molecule has 1 saturated heterocycles. The second kappa shape index (κ2) is 8.90. The molecule has 1 atom stereocenters. The quantitative estimate of drug-likeness (QED) is 0.321. The van der Waals surface area contributed by atoms with E-state index >= 15 is 0 Å². The molecule has 1 aliphatic rings. The Hall–Kier alpha value is -3.93. The fourth-order valence-corrected chi connectivity index (χ4v) is 4.18. The van der Waals surface area contributed by atoms with E-state index in [0.29, 0.717) is 29.2 Å². The summed E-state index contributed by atoms with van der Waals surface area (Å²) in [5, 5.41) is 11.2. The molecule has 3 aromatic carbocycles. The fraction of sp³-hybridized carbons (Fsp3) is 0.185. The van der Waals surface area contributed by atoms with Crippen LogP contribution in [0.2, 0.25) is 0 Å². The van der Waals surface area contributed by atoms with Gasteiger partial charge in [-0.25, -0.2) is 4.39 Å². The second-order valence-corrected chi connectivity index (χ2v) is 8.02. The Labute approximate surface area is 191 Å². The summed E-state index contributed by atoms with van der Waals surface area (Å²) in [6.45, 7) is 6.17. The van der Waals surface area contributed by atoms with Crippen molar-refractivity contribution in [2.75, 3.05) is 11.5 Å². The molecule has 1 N–H and O–H groups in total. The summed E-state index contributed by atoms with van der Waals surface area (Å²) in [4.78, 5) is 27.8. The first kappa shape index (κ1) is 22.3. The third kappa shape index (κ3) is 4.24. The number of carbonyl (C=O) groups is 2. The van der Waals surface area contributed by atoms with Crippen LogP contribution in [0.1, 0.15) is 35.2 Å². The van der Waals surface area contributed by atoms with Gasteiger partial charge in [0.1, 0.15) is 17.3 Å². The molecule has 0 saturated carbocycles. The number of nitrogens with zero attached hydrogens (tertiary/aromatic N) is 1. The largest absolute Gasteiger partial charge is 0.507 e. The first-order chi connectivity index (χ1) is 15.8. The summed E-state index contributed by atoms with van der Waals surface area (Å²) >= 11 is 0. The van der Waals surface area contributed by atoms with Crippen molar-refractivity contribution in [3.8, 4) is 5.75 Å². The van der Waals surface area contributed by atoms with Crippen LogP contribution < -0.4 is 9.64 Å². The standard InChI is InChI=1S/C27H24FNO4/c1-4-33-22-11-7-19(8-12-22)25(30)23-24(18-5-9-20(28)10-6-18)29(27(32)26(23)31)21-14-16(2)13-17(3)15-21/h5-15,24,30H,4H2,1-3H3/b25-23+. The molecule has 1 amide bonds. The average Bonchev–Trinajstić information content (AvgIpc) is 3.04. The van der Waals surface area contributed by atoms with Crippen molar-refractivity contribution in [3.05, 3.63) is 100 Å². The molecule has 0 radical (unpaired) electrons. The maximum absolute atomic E-state index is 13.7. The van der Waals surface area contributed by atoms with Crippen LogP contribution in [0.25, 0.3) is 5.76 Å². The van der Waals surface area contributed by atoms with Crippen molar-refractivity contribution in [2.24, 2.45) is 0 Å². The van der Waals surface area contributed by atoms with Crippen molar-refractivity contribution < 1.29 is 23.8 Å². The van der Waals surface area contributed by atoms with Crippen LogP contribution in [-0.2, 0) is 9.59 Å². The predicted octanol–water partition coefficient (Wildman–Crippen LogP) is 5.47. The molecule has 0 bridgehead atoms.